The molecule has 28 heavy (non-hydrogen) atoms. The van der Waals surface area contributed by atoms with Crippen molar-refractivity contribution in [1.82, 2.24) is 19.6 Å². The van der Waals surface area contributed by atoms with E-state index in [1.54, 1.807) is 25.1 Å². The molecule has 0 unspecified atom stereocenters. The second kappa shape index (κ2) is 7.82. The van der Waals surface area contributed by atoms with E-state index in [1.165, 1.54) is 33.6 Å². The molecule has 0 atom stereocenters. The number of carbonyl (C=O) groups excluding carboxylic acids is 1. The molecule has 0 aliphatic rings. The third-order valence-corrected chi connectivity index (χ3v) is 3.91. The molecule has 3 rings (SSSR count). The van der Waals surface area contributed by atoms with Gasteiger partial charge in [0.15, 0.2) is 0 Å². The highest BCUT2D eigenvalue weighted by Crippen LogP contribution is 2.20. The SMILES string of the molecule is CCCn1nc(C(=O)Nc2cc(C)nn2-c2ccc([N+](=O)[O-])cc2)ccc1=O. The van der Waals surface area contributed by atoms with Crippen molar-refractivity contribution in [3.63, 3.8) is 0 Å². The fraction of sp³-hybridized carbons (Fsp3) is 0.222. The van der Waals surface area contributed by atoms with Gasteiger partial charge < -0.3 is 5.32 Å². The monoisotopic (exact) mass is 382 g/mol. The summed E-state index contributed by atoms with van der Waals surface area (Å²) in [6.07, 6.45) is 0.712. The predicted octanol–water partition coefficient (Wildman–Crippen LogP) is 2.31. The molecule has 0 saturated carbocycles. The van der Waals surface area contributed by atoms with E-state index >= 15 is 0 Å². The molecule has 144 valence electrons. The van der Waals surface area contributed by atoms with Crippen molar-refractivity contribution < 1.29 is 9.72 Å². The maximum Gasteiger partial charge on any atom is 0.277 e. The second-order valence-electron chi connectivity index (χ2n) is 6.09. The van der Waals surface area contributed by atoms with Crippen molar-refractivity contribution in [2.45, 2.75) is 26.8 Å². The molecule has 0 radical (unpaired) electrons. The lowest BCUT2D eigenvalue weighted by Crippen LogP contribution is -2.26. The van der Waals surface area contributed by atoms with Gasteiger partial charge in [-0.3, -0.25) is 19.7 Å². The van der Waals surface area contributed by atoms with Gasteiger partial charge in [-0.2, -0.15) is 10.2 Å². The van der Waals surface area contributed by atoms with Crippen LogP contribution in [-0.4, -0.2) is 30.4 Å². The van der Waals surface area contributed by atoms with Crippen LogP contribution in [-0.2, 0) is 6.54 Å². The smallest absolute Gasteiger partial charge is 0.277 e. The first-order chi connectivity index (χ1) is 13.4. The summed E-state index contributed by atoms with van der Waals surface area (Å²) in [5.74, 6) is -0.112. The van der Waals surface area contributed by atoms with Crippen LogP contribution in [0.3, 0.4) is 0 Å². The molecule has 0 saturated heterocycles. The number of hydrogen-bond acceptors (Lipinski definition) is 6. The Morgan fingerprint density at radius 1 is 1.18 bits per heavy atom. The number of carbonyl (C=O) groups is 1. The summed E-state index contributed by atoms with van der Waals surface area (Å²) >= 11 is 0. The van der Waals surface area contributed by atoms with Crippen LogP contribution >= 0.6 is 0 Å². The van der Waals surface area contributed by atoms with E-state index in [2.05, 4.69) is 15.5 Å². The predicted molar refractivity (Wildman–Crippen MR) is 102 cm³/mol. The van der Waals surface area contributed by atoms with Crippen molar-refractivity contribution in [3.05, 3.63) is 74.3 Å². The number of rotatable bonds is 6. The number of nitro groups is 1. The van der Waals surface area contributed by atoms with Crippen LogP contribution in [0, 0.1) is 17.0 Å². The number of aromatic nitrogens is 4. The minimum Gasteiger partial charge on any atom is -0.305 e. The molecule has 3 aromatic rings. The van der Waals surface area contributed by atoms with Crippen molar-refractivity contribution in [2.75, 3.05) is 5.32 Å². The number of non-ortho nitro benzene ring substituents is 1. The Balaban J connectivity index is 1.89. The van der Waals surface area contributed by atoms with Gasteiger partial charge in [-0.25, -0.2) is 9.36 Å². The zero-order chi connectivity index (χ0) is 20.3. The summed E-state index contributed by atoms with van der Waals surface area (Å²) < 4.78 is 2.72. The normalized spacial score (nSPS) is 10.6. The standard InChI is InChI=1S/C18H18N6O4/c1-3-10-22-17(25)9-8-15(21-22)18(26)19-16-11-12(2)20-23(16)13-4-6-14(7-5-13)24(27)28/h4-9,11H,3,10H2,1-2H3,(H,19,26). The van der Waals surface area contributed by atoms with Gasteiger partial charge in [0.25, 0.3) is 17.2 Å². The van der Waals surface area contributed by atoms with Gasteiger partial charge in [-0.15, -0.1) is 0 Å². The molecule has 0 aliphatic heterocycles. The Hall–Kier alpha value is -3.82. The molecule has 10 nitrogen and oxygen atoms in total. The first kappa shape index (κ1) is 19.0. The molecule has 0 spiro atoms. The van der Waals surface area contributed by atoms with Crippen LogP contribution in [0.1, 0.15) is 29.5 Å². The molecule has 2 heterocycles. The van der Waals surface area contributed by atoms with Gasteiger partial charge in [0, 0.05) is 30.8 Å². The summed E-state index contributed by atoms with van der Waals surface area (Å²) in [5, 5.41) is 21.9. The van der Waals surface area contributed by atoms with Crippen LogP contribution in [0.5, 0.6) is 0 Å². The lowest BCUT2D eigenvalue weighted by atomic mass is 10.3. The van der Waals surface area contributed by atoms with Crippen LogP contribution in [0.4, 0.5) is 11.5 Å². The van der Waals surface area contributed by atoms with Gasteiger partial charge >= 0.3 is 0 Å². The van der Waals surface area contributed by atoms with Crippen molar-refractivity contribution >= 4 is 17.4 Å². The molecule has 1 amide bonds. The van der Waals surface area contributed by atoms with Crippen LogP contribution in [0.15, 0.2) is 47.3 Å². The molecular weight excluding hydrogens is 364 g/mol. The number of amides is 1. The molecule has 0 bridgehead atoms. The Labute approximate surface area is 159 Å². The van der Waals surface area contributed by atoms with E-state index in [4.69, 9.17) is 0 Å². The number of hydrogen-bond donors (Lipinski definition) is 1. The van der Waals surface area contributed by atoms with Gasteiger partial charge in [-0.1, -0.05) is 6.92 Å². The molecule has 0 fully saturated rings. The summed E-state index contributed by atoms with van der Waals surface area (Å²) in [6.45, 7) is 4.09. The lowest BCUT2D eigenvalue weighted by Gasteiger charge is -2.09. The van der Waals surface area contributed by atoms with E-state index in [1.807, 2.05) is 6.92 Å². The van der Waals surface area contributed by atoms with Crippen LogP contribution in [0.2, 0.25) is 0 Å². The quantitative estimate of drug-likeness (QED) is 0.515. The highest BCUT2D eigenvalue weighted by Gasteiger charge is 2.15. The molecule has 0 aliphatic carbocycles. The number of anilines is 1. The zero-order valence-corrected chi connectivity index (χ0v) is 15.3. The molecule has 1 aromatic carbocycles. The first-order valence-electron chi connectivity index (χ1n) is 8.60. The van der Waals surface area contributed by atoms with E-state index in [-0.39, 0.29) is 16.9 Å². The molecule has 1 N–H and O–H groups in total. The van der Waals surface area contributed by atoms with E-state index < -0.39 is 10.8 Å². The average molecular weight is 382 g/mol. The van der Waals surface area contributed by atoms with E-state index in [0.717, 1.165) is 0 Å². The maximum absolute atomic E-state index is 12.6. The van der Waals surface area contributed by atoms with Crippen molar-refractivity contribution in [3.8, 4) is 5.69 Å². The van der Waals surface area contributed by atoms with Gasteiger partial charge in [-0.05, 0) is 31.5 Å². The second-order valence-corrected chi connectivity index (χ2v) is 6.09. The van der Waals surface area contributed by atoms with Crippen molar-refractivity contribution in [2.24, 2.45) is 0 Å². The Bertz CT molecular complexity index is 1080. The van der Waals surface area contributed by atoms with Gasteiger partial charge in [0.05, 0.1) is 16.3 Å². The fourth-order valence-corrected chi connectivity index (χ4v) is 2.62. The molecule has 10 heteroatoms. The number of nitrogens with zero attached hydrogens (tertiary/aromatic N) is 5. The topological polar surface area (TPSA) is 125 Å². The van der Waals surface area contributed by atoms with Gasteiger partial charge in [0.1, 0.15) is 11.5 Å². The zero-order valence-electron chi connectivity index (χ0n) is 15.3. The summed E-state index contributed by atoms with van der Waals surface area (Å²) in [7, 11) is 0. The Morgan fingerprint density at radius 3 is 2.54 bits per heavy atom. The van der Waals surface area contributed by atoms with E-state index in [0.29, 0.717) is 30.2 Å². The maximum atomic E-state index is 12.6. The average Bonchev–Trinajstić information content (AvgIpc) is 3.03. The highest BCUT2D eigenvalue weighted by atomic mass is 16.6. The third kappa shape index (κ3) is 3.95. The Kier molecular flexibility index (Phi) is 5.30. The number of benzene rings is 1. The number of aryl methyl sites for hydroxylation is 2. The fourth-order valence-electron chi connectivity index (χ4n) is 2.62. The summed E-state index contributed by atoms with van der Waals surface area (Å²) in [6, 6.07) is 10.1. The largest absolute Gasteiger partial charge is 0.305 e. The Morgan fingerprint density at radius 2 is 1.89 bits per heavy atom. The number of nitrogens with one attached hydrogen (secondary N) is 1. The molecular formula is C18H18N6O4. The van der Waals surface area contributed by atoms with Crippen LogP contribution in [0.25, 0.3) is 5.69 Å². The molecule has 2 aromatic heterocycles. The van der Waals surface area contributed by atoms with E-state index in [9.17, 15) is 19.7 Å². The highest BCUT2D eigenvalue weighted by molar-refractivity contribution is 6.02. The van der Waals surface area contributed by atoms with Crippen molar-refractivity contribution in [1.29, 1.82) is 0 Å². The summed E-state index contributed by atoms with van der Waals surface area (Å²) in [5.41, 5.74) is 0.989. The number of nitro benzene ring substituents is 1. The summed E-state index contributed by atoms with van der Waals surface area (Å²) in [4.78, 5) is 34.7. The first-order valence-corrected chi connectivity index (χ1v) is 8.60. The van der Waals surface area contributed by atoms with Gasteiger partial charge in [0.2, 0.25) is 0 Å². The lowest BCUT2D eigenvalue weighted by molar-refractivity contribution is -0.384. The van der Waals surface area contributed by atoms with Crippen LogP contribution < -0.4 is 10.9 Å². The minimum absolute atomic E-state index is 0.0411. The third-order valence-electron chi connectivity index (χ3n) is 3.91. The minimum atomic E-state index is -0.493.